The quantitative estimate of drug-likeness (QED) is 0.160. The van der Waals surface area contributed by atoms with Gasteiger partial charge < -0.3 is 19.0 Å². The van der Waals surface area contributed by atoms with Crippen molar-refractivity contribution in [1.29, 1.82) is 0 Å². The summed E-state index contributed by atoms with van der Waals surface area (Å²) in [5, 5.41) is 9.10. The predicted molar refractivity (Wildman–Crippen MR) is 110 cm³/mol. The van der Waals surface area contributed by atoms with Gasteiger partial charge in [-0.3, -0.25) is 4.79 Å². The molecule has 0 N–H and O–H groups in total. The molecule has 0 fully saturated rings. The Morgan fingerprint density at radius 1 is 1.00 bits per heavy atom. The van der Waals surface area contributed by atoms with Crippen molar-refractivity contribution in [2.75, 3.05) is 19.5 Å². The Morgan fingerprint density at radius 2 is 1.67 bits per heavy atom. The van der Waals surface area contributed by atoms with Gasteiger partial charge in [0.15, 0.2) is 21.3 Å². The third-order valence-electron chi connectivity index (χ3n) is 4.04. The summed E-state index contributed by atoms with van der Waals surface area (Å²) < 4.78 is 39.5. The lowest BCUT2D eigenvalue weighted by molar-refractivity contribution is -0.757. The van der Waals surface area contributed by atoms with E-state index in [1.165, 1.54) is 42.5 Å². The predicted octanol–water partition coefficient (Wildman–Crippen LogP) is 1.99. The first-order chi connectivity index (χ1) is 15.5. The number of carbonyl (C=O) groups is 3. The number of nitrogens with zero attached hydrogens (tertiary/aromatic N) is 1. The molecule has 13 heteroatoms. The van der Waals surface area contributed by atoms with Gasteiger partial charge in [-0.2, -0.15) is 0 Å². The lowest BCUT2D eigenvalue weighted by atomic mass is 10.2. The van der Waals surface area contributed by atoms with Gasteiger partial charge in [0.25, 0.3) is 5.09 Å². The van der Waals surface area contributed by atoms with Crippen LogP contribution in [-0.4, -0.2) is 50.9 Å². The van der Waals surface area contributed by atoms with E-state index >= 15 is 0 Å². The van der Waals surface area contributed by atoms with Crippen LogP contribution in [0.25, 0.3) is 0 Å². The molecule has 0 amide bonds. The molecule has 0 atom stereocenters. The van der Waals surface area contributed by atoms with E-state index in [4.69, 9.17) is 9.47 Å². The molecule has 0 aliphatic rings. The van der Waals surface area contributed by atoms with Gasteiger partial charge in [-0.15, -0.1) is 10.1 Å². The van der Waals surface area contributed by atoms with Gasteiger partial charge in [-0.1, -0.05) is 6.07 Å². The molecule has 0 aromatic heterocycles. The minimum absolute atomic E-state index is 0.0251. The summed E-state index contributed by atoms with van der Waals surface area (Å²) in [6.45, 7) is 0.730. The fourth-order valence-corrected chi connectivity index (χ4v) is 3.86. The van der Waals surface area contributed by atoms with Gasteiger partial charge in [-0.05, 0) is 42.8 Å². The van der Waals surface area contributed by atoms with Crippen LogP contribution < -0.4 is 9.47 Å². The molecule has 176 valence electrons. The van der Waals surface area contributed by atoms with Gasteiger partial charge >= 0.3 is 17.9 Å². The fraction of sp³-hybridized carbons (Fsp3) is 0.250. The summed E-state index contributed by atoms with van der Waals surface area (Å²) in [7, 11) is -2.63. The molecule has 0 aliphatic carbocycles. The van der Waals surface area contributed by atoms with Crippen molar-refractivity contribution in [2.24, 2.45) is 0 Å². The molecule has 0 bridgehead atoms. The lowest BCUT2D eigenvalue weighted by Gasteiger charge is -2.13. The average molecular weight is 481 g/mol. The largest absolute Gasteiger partial charge is 0.465 e. The van der Waals surface area contributed by atoms with E-state index in [1.54, 1.807) is 0 Å². The van der Waals surface area contributed by atoms with Gasteiger partial charge in [0.1, 0.15) is 5.56 Å². The standard InChI is InChI=1S/C20H19NO11S/c1-13(22)31-18-16(20(24)29-2)5-3-6-17(18)32-19(23)14-7-9-15(10-8-14)33(27,28)12-4-11-30-21(25)26/h3,5-10H,4,11-12H2,1-2H3. The molecule has 0 unspecified atom stereocenters. The second kappa shape index (κ2) is 11.0. The third kappa shape index (κ3) is 7.00. The Bertz CT molecular complexity index is 1160. The lowest BCUT2D eigenvalue weighted by Crippen LogP contribution is -2.14. The minimum atomic E-state index is -3.76. The molecule has 0 saturated carbocycles. The SMILES string of the molecule is COC(=O)c1cccc(OC(=O)c2ccc(S(=O)(=O)CCCO[N+](=O)[O-])cc2)c1OC(C)=O. The summed E-state index contributed by atoms with van der Waals surface area (Å²) in [6.07, 6.45) is -0.0947. The number of hydrogen-bond acceptors (Lipinski definition) is 11. The smallest absolute Gasteiger partial charge is 0.343 e. The van der Waals surface area contributed by atoms with Crippen molar-refractivity contribution in [3.8, 4) is 11.5 Å². The molecule has 0 heterocycles. The zero-order valence-electron chi connectivity index (χ0n) is 17.5. The highest BCUT2D eigenvalue weighted by molar-refractivity contribution is 7.91. The maximum absolute atomic E-state index is 12.5. The van der Waals surface area contributed by atoms with Crippen LogP contribution in [0.2, 0.25) is 0 Å². The van der Waals surface area contributed by atoms with Crippen LogP contribution in [0.3, 0.4) is 0 Å². The number of para-hydroxylation sites is 1. The van der Waals surface area contributed by atoms with E-state index in [9.17, 15) is 32.9 Å². The van der Waals surface area contributed by atoms with E-state index in [2.05, 4.69) is 9.57 Å². The second-order valence-electron chi connectivity index (χ2n) is 6.36. The molecule has 33 heavy (non-hydrogen) atoms. The summed E-state index contributed by atoms with van der Waals surface area (Å²) in [5.41, 5.74) is -0.164. The van der Waals surface area contributed by atoms with Crippen molar-refractivity contribution in [1.82, 2.24) is 0 Å². The molecule has 0 radical (unpaired) electrons. The molecule has 0 saturated heterocycles. The number of methoxy groups -OCH3 is 1. The number of sulfone groups is 1. The topological polar surface area (TPSA) is 165 Å². The van der Waals surface area contributed by atoms with Crippen LogP contribution in [0.1, 0.15) is 34.1 Å². The Hall–Kier alpha value is -4.00. The molecule has 2 aromatic carbocycles. The van der Waals surface area contributed by atoms with Crippen molar-refractivity contribution in [3.05, 3.63) is 63.7 Å². The zero-order valence-corrected chi connectivity index (χ0v) is 18.3. The maximum atomic E-state index is 12.5. The maximum Gasteiger partial charge on any atom is 0.343 e. The number of benzene rings is 2. The highest BCUT2D eigenvalue weighted by Gasteiger charge is 2.22. The van der Waals surface area contributed by atoms with Gasteiger partial charge in [-0.25, -0.2) is 18.0 Å². The Morgan fingerprint density at radius 3 is 2.24 bits per heavy atom. The first kappa shape index (κ1) is 25.3. The molecule has 0 spiro atoms. The number of carbonyl (C=O) groups excluding carboxylic acids is 3. The van der Waals surface area contributed by atoms with Gasteiger partial charge in [0.05, 0.1) is 29.9 Å². The van der Waals surface area contributed by atoms with E-state index in [-0.39, 0.29) is 40.5 Å². The van der Waals surface area contributed by atoms with Gasteiger partial charge in [0, 0.05) is 6.92 Å². The molecule has 0 aliphatic heterocycles. The summed E-state index contributed by atoms with van der Waals surface area (Å²) in [5.74, 6) is -3.41. The number of esters is 3. The van der Waals surface area contributed by atoms with Crippen molar-refractivity contribution in [2.45, 2.75) is 18.2 Å². The summed E-state index contributed by atoms with van der Waals surface area (Å²) in [4.78, 5) is 50.0. The van der Waals surface area contributed by atoms with E-state index in [1.807, 2.05) is 0 Å². The van der Waals surface area contributed by atoms with E-state index < -0.39 is 38.6 Å². The first-order valence-electron chi connectivity index (χ1n) is 9.27. The van der Waals surface area contributed by atoms with Crippen molar-refractivity contribution in [3.63, 3.8) is 0 Å². The number of ether oxygens (including phenoxy) is 3. The van der Waals surface area contributed by atoms with Crippen LogP contribution >= 0.6 is 0 Å². The monoisotopic (exact) mass is 481 g/mol. The molecule has 2 rings (SSSR count). The summed E-state index contributed by atoms with van der Waals surface area (Å²) >= 11 is 0. The molecular weight excluding hydrogens is 462 g/mol. The van der Waals surface area contributed by atoms with Crippen LogP contribution in [0.4, 0.5) is 0 Å². The van der Waals surface area contributed by atoms with Crippen LogP contribution in [-0.2, 0) is 24.2 Å². The highest BCUT2D eigenvalue weighted by Crippen LogP contribution is 2.32. The molecule has 2 aromatic rings. The molecular formula is C20H19NO11S. The fourth-order valence-electron chi connectivity index (χ4n) is 2.58. The first-order valence-corrected chi connectivity index (χ1v) is 10.9. The second-order valence-corrected chi connectivity index (χ2v) is 8.47. The highest BCUT2D eigenvalue weighted by atomic mass is 32.2. The normalized spacial score (nSPS) is 10.7. The van der Waals surface area contributed by atoms with E-state index in [0.29, 0.717) is 0 Å². The van der Waals surface area contributed by atoms with Crippen LogP contribution in [0, 0.1) is 10.1 Å². The Kier molecular flexibility index (Phi) is 8.45. The average Bonchev–Trinajstić information content (AvgIpc) is 2.77. The minimum Gasteiger partial charge on any atom is -0.465 e. The number of hydrogen-bond donors (Lipinski definition) is 0. The Labute approximate surface area is 188 Å². The van der Waals surface area contributed by atoms with E-state index in [0.717, 1.165) is 14.0 Å². The molecule has 12 nitrogen and oxygen atoms in total. The third-order valence-corrected chi connectivity index (χ3v) is 5.85. The van der Waals surface area contributed by atoms with Crippen LogP contribution in [0.5, 0.6) is 11.5 Å². The van der Waals surface area contributed by atoms with Crippen LogP contribution in [0.15, 0.2) is 47.4 Å². The summed E-state index contributed by atoms with van der Waals surface area (Å²) in [6, 6.07) is 8.78. The Balaban J connectivity index is 2.19. The van der Waals surface area contributed by atoms with Crippen molar-refractivity contribution >= 4 is 27.7 Å². The number of rotatable bonds is 10. The zero-order chi connectivity index (χ0) is 24.6. The van der Waals surface area contributed by atoms with Gasteiger partial charge in [0.2, 0.25) is 0 Å². The van der Waals surface area contributed by atoms with Crippen molar-refractivity contribution < 1.29 is 46.9 Å².